The van der Waals surface area contributed by atoms with Crippen LogP contribution in [0.4, 0.5) is 5.82 Å². The number of hydrogen-bond donors (Lipinski definition) is 1. The smallest absolute Gasteiger partial charge is 0.248 e. The van der Waals surface area contributed by atoms with E-state index in [9.17, 15) is 8.42 Å². The van der Waals surface area contributed by atoms with Gasteiger partial charge in [-0.15, -0.1) is 0 Å². The number of rotatable bonds is 5. The Hall–Kier alpha value is -1.86. The molecule has 2 rings (SSSR count). The van der Waals surface area contributed by atoms with Crippen molar-refractivity contribution in [2.45, 2.75) is 24.8 Å². The molecule has 0 fully saturated rings. The largest absolute Gasteiger partial charge is 0.381 e. The minimum absolute atomic E-state index is 0.0191. The number of aromatic nitrogens is 2. The minimum Gasteiger partial charge on any atom is -0.381 e. The molecule has 1 aromatic heterocycles. The Bertz CT molecular complexity index is 720. The van der Waals surface area contributed by atoms with Crippen molar-refractivity contribution in [2.24, 2.45) is 7.05 Å². The fourth-order valence-corrected chi connectivity index (χ4v) is 3.32. The van der Waals surface area contributed by atoms with Gasteiger partial charge in [-0.2, -0.15) is 9.40 Å². The Kier molecular flexibility index (Phi) is 4.34. The molecule has 0 unspecified atom stereocenters. The van der Waals surface area contributed by atoms with Gasteiger partial charge < -0.3 is 5.73 Å². The van der Waals surface area contributed by atoms with E-state index < -0.39 is 10.0 Å². The van der Waals surface area contributed by atoms with Crippen LogP contribution in [0.25, 0.3) is 0 Å². The SMILES string of the molecule is CCc1ccc(CN(C)S(=O)(=O)c2cn(C)nc2N)cc1. The first kappa shape index (κ1) is 15.5. The molecule has 0 amide bonds. The van der Waals surface area contributed by atoms with E-state index in [-0.39, 0.29) is 10.7 Å². The van der Waals surface area contributed by atoms with Gasteiger partial charge in [0.2, 0.25) is 10.0 Å². The summed E-state index contributed by atoms with van der Waals surface area (Å²) < 4.78 is 27.6. The Morgan fingerprint density at radius 1 is 1.24 bits per heavy atom. The van der Waals surface area contributed by atoms with Gasteiger partial charge in [0.05, 0.1) is 0 Å². The van der Waals surface area contributed by atoms with E-state index in [1.165, 1.54) is 27.8 Å². The van der Waals surface area contributed by atoms with Gasteiger partial charge in [-0.25, -0.2) is 8.42 Å². The summed E-state index contributed by atoms with van der Waals surface area (Å²) in [5.74, 6) is 0.0191. The molecule has 0 aliphatic heterocycles. The monoisotopic (exact) mass is 308 g/mol. The fraction of sp³-hybridized carbons (Fsp3) is 0.357. The van der Waals surface area contributed by atoms with Crippen molar-refractivity contribution in [3.05, 3.63) is 41.6 Å². The zero-order valence-corrected chi connectivity index (χ0v) is 13.3. The Labute approximate surface area is 125 Å². The van der Waals surface area contributed by atoms with Crippen LogP contribution in [0.2, 0.25) is 0 Å². The van der Waals surface area contributed by atoms with E-state index in [1.807, 2.05) is 24.3 Å². The van der Waals surface area contributed by atoms with E-state index in [2.05, 4.69) is 12.0 Å². The average molecular weight is 308 g/mol. The summed E-state index contributed by atoms with van der Waals surface area (Å²) in [6, 6.07) is 7.90. The van der Waals surface area contributed by atoms with Crippen LogP contribution in [0, 0.1) is 0 Å². The van der Waals surface area contributed by atoms with Gasteiger partial charge in [-0.1, -0.05) is 31.2 Å². The lowest BCUT2D eigenvalue weighted by molar-refractivity contribution is 0.467. The maximum Gasteiger partial charge on any atom is 0.248 e. The molecule has 0 radical (unpaired) electrons. The van der Waals surface area contributed by atoms with E-state index in [0.717, 1.165) is 12.0 Å². The molecule has 114 valence electrons. The lowest BCUT2D eigenvalue weighted by atomic mass is 10.1. The predicted molar refractivity (Wildman–Crippen MR) is 82.1 cm³/mol. The van der Waals surface area contributed by atoms with Gasteiger partial charge in [-0.05, 0) is 17.5 Å². The predicted octanol–water partition coefficient (Wildman–Crippen LogP) is 1.39. The highest BCUT2D eigenvalue weighted by Crippen LogP contribution is 2.21. The highest BCUT2D eigenvalue weighted by Gasteiger charge is 2.25. The van der Waals surface area contributed by atoms with Crippen LogP contribution in [0.5, 0.6) is 0 Å². The second kappa shape index (κ2) is 5.87. The third kappa shape index (κ3) is 3.25. The third-order valence-corrected chi connectivity index (χ3v) is 5.17. The first-order valence-corrected chi connectivity index (χ1v) is 8.12. The quantitative estimate of drug-likeness (QED) is 0.905. The molecular formula is C14H20N4O2S. The van der Waals surface area contributed by atoms with Crippen LogP contribution in [0.3, 0.4) is 0 Å². The molecule has 6 nitrogen and oxygen atoms in total. The van der Waals surface area contributed by atoms with Crippen LogP contribution in [0.15, 0.2) is 35.4 Å². The van der Waals surface area contributed by atoms with Crippen molar-refractivity contribution in [1.29, 1.82) is 0 Å². The summed E-state index contributed by atoms with van der Waals surface area (Å²) >= 11 is 0. The highest BCUT2D eigenvalue weighted by molar-refractivity contribution is 7.89. The minimum atomic E-state index is -3.64. The molecule has 0 spiro atoms. The average Bonchev–Trinajstić information content (AvgIpc) is 2.79. The van der Waals surface area contributed by atoms with Crippen LogP contribution in [-0.4, -0.2) is 29.6 Å². The van der Waals surface area contributed by atoms with Gasteiger partial charge in [0.25, 0.3) is 0 Å². The van der Waals surface area contributed by atoms with Crippen molar-refractivity contribution < 1.29 is 8.42 Å². The zero-order valence-electron chi connectivity index (χ0n) is 12.4. The summed E-state index contributed by atoms with van der Waals surface area (Å²) in [6.45, 7) is 2.37. The normalized spacial score (nSPS) is 12.0. The van der Waals surface area contributed by atoms with Gasteiger partial charge in [-0.3, -0.25) is 4.68 Å². The molecule has 21 heavy (non-hydrogen) atoms. The molecule has 7 heteroatoms. The molecule has 0 saturated heterocycles. The Balaban J connectivity index is 2.22. The molecule has 0 saturated carbocycles. The van der Waals surface area contributed by atoms with E-state index in [1.54, 1.807) is 7.05 Å². The first-order valence-electron chi connectivity index (χ1n) is 6.68. The number of sulfonamides is 1. The maximum absolute atomic E-state index is 12.5. The third-order valence-electron chi connectivity index (χ3n) is 3.35. The summed E-state index contributed by atoms with van der Waals surface area (Å²) in [7, 11) is -0.463. The topological polar surface area (TPSA) is 81.2 Å². The highest BCUT2D eigenvalue weighted by atomic mass is 32.2. The Morgan fingerprint density at radius 3 is 2.29 bits per heavy atom. The second-order valence-corrected chi connectivity index (χ2v) is 7.00. The molecule has 0 aliphatic rings. The summed E-state index contributed by atoms with van der Waals surface area (Å²) in [6.07, 6.45) is 2.38. The number of nitrogen functional groups attached to an aromatic ring is 1. The Morgan fingerprint density at radius 2 is 1.81 bits per heavy atom. The van der Waals surface area contributed by atoms with E-state index >= 15 is 0 Å². The molecule has 0 bridgehead atoms. The van der Waals surface area contributed by atoms with Crippen molar-refractivity contribution in [3.8, 4) is 0 Å². The molecule has 1 aromatic carbocycles. The van der Waals surface area contributed by atoms with Crippen LogP contribution in [-0.2, 0) is 30.0 Å². The van der Waals surface area contributed by atoms with E-state index in [4.69, 9.17) is 5.73 Å². The van der Waals surface area contributed by atoms with Crippen LogP contribution < -0.4 is 5.73 Å². The lowest BCUT2D eigenvalue weighted by Crippen LogP contribution is -2.26. The standard InChI is InChI=1S/C14H20N4O2S/c1-4-11-5-7-12(8-6-11)9-18(3)21(19,20)13-10-17(2)16-14(13)15/h5-8,10H,4,9H2,1-3H3,(H2,15,16). The van der Waals surface area contributed by atoms with Gasteiger partial charge >= 0.3 is 0 Å². The molecule has 2 N–H and O–H groups in total. The van der Waals surface area contributed by atoms with Crippen molar-refractivity contribution in [1.82, 2.24) is 14.1 Å². The molecule has 0 atom stereocenters. The van der Waals surface area contributed by atoms with Crippen LogP contribution >= 0.6 is 0 Å². The summed E-state index contributed by atoms with van der Waals surface area (Å²) in [4.78, 5) is 0.0395. The maximum atomic E-state index is 12.5. The number of nitrogens with two attached hydrogens (primary N) is 1. The van der Waals surface area contributed by atoms with Crippen molar-refractivity contribution >= 4 is 15.8 Å². The van der Waals surface area contributed by atoms with Crippen LogP contribution in [0.1, 0.15) is 18.1 Å². The molecule has 2 aromatic rings. The second-order valence-electron chi connectivity index (χ2n) is 4.98. The van der Waals surface area contributed by atoms with Gasteiger partial charge in [0, 0.05) is 26.8 Å². The van der Waals surface area contributed by atoms with E-state index in [0.29, 0.717) is 6.54 Å². The lowest BCUT2D eigenvalue weighted by Gasteiger charge is -2.16. The first-order chi connectivity index (χ1) is 9.84. The van der Waals surface area contributed by atoms with Crippen molar-refractivity contribution in [3.63, 3.8) is 0 Å². The number of anilines is 1. The molecule has 0 aliphatic carbocycles. The molecule has 1 heterocycles. The fourth-order valence-electron chi connectivity index (χ4n) is 2.07. The summed E-state index contributed by atoms with van der Waals surface area (Å²) in [5.41, 5.74) is 7.81. The number of nitrogens with zero attached hydrogens (tertiary/aromatic N) is 3. The van der Waals surface area contributed by atoms with Gasteiger partial charge in [0.1, 0.15) is 4.90 Å². The summed E-state index contributed by atoms with van der Waals surface area (Å²) in [5, 5.41) is 3.88. The zero-order chi connectivity index (χ0) is 15.6. The number of hydrogen-bond acceptors (Lipinski definition) is 4. The number of benzene rings is 1. The van der Waals surface area contributed by atoms with Crippen molar-refractivity contribution in [2.75, 3.05) is 12.8 Å². The van der Waals surface area contributed by atoms with Gasteiger partial charge in [0.15, 0.2) is 5.82 Å². The number of aryl methyl sites for hydroxylation is 2. The molecular weight excluding hydrogens is 288 g/mol.